The molecule has 11 aromatic rings. The highest BCUT2D eigenvalue weighted by Gasteiger charge is 2.23. The van der Waals surface area contributed by atoms with Crippen molar-refractivity contribution in [1.82, 2.24) is 0 Å². The minimum Gasteiger partial charge on any atom is -0.455 e. The van der Waals surface area contributed by atoms with E-state index >= 15 is 0 Å². The Kier molecular flexibility index (Phi) is 7.39. The van der Waals surface area contributed by atoms with Crippen LogP contribution in [-0.4, -0.2) is 0 Å². The number of anilines is 3. The van der Waals surface area contributed by atoms with E-state index in [9.17, 15) is 0 Å². The van der Waals surface area contributed by atoms with E-state index in [1.165, 1.54) is 42.4 Å². The highest BCUT2D eigenvalue weighted by molar-refractivity contribution is 7.26. The van der Waals surface area contributed by atoms with Gasteiger partial charge in [-0.15, -0.1) is 11.3 Å². The van der Waals surface area contributed by atoms with Crippen LogP contribution in [-0.2, 0) is 0 Å². The fourth-order valence-corrected chi connectivity index (χ4v) is 9.45. The summed E-state index contributed by atoms with van der Waals surface area (Å²) in [6.45, 7) is 0. The first-order chi connectivity index (χ1) is 27.3. The Hall–Kier alpha value is -6.94. The van der Waals surface area contributed by atoms with Gasteiger partial charge in [-0.1, -0.05) is 152 Å². The van der Waals surface area contributed by atoms with Crippen molar-refractivity contribution in [3.63, 3.8) is 0 Å². The predicted octanol–water partition coefficient (Wildman–Crippen LogP) is 15.6. The maximum atomic E-state index is 6.88. The van der Waals surface area contributed by atoms with Crippen LogP contribution in [0.1, 0.15) is 0 Å². The van der Waals surface area contributed by atoms with Gasteiger partial charge in [-0.3, -0.25) is 0 Å². The van der Waals surface area contributed by atoms with Gasteiger partial charge in [-0.05, 0) is 87.3 Å². The molecule has 9 aromatic carbocycles. The molecule has 0 N–H and O–H groups in total. The Bertz CT molecular complexity index is 3180. The summed E-state index contributed by atoms with van der Waals surface area (Å²) in [6.07, 6.45) is 0. The molecule has 55 heavy (non-hydrogen) atoms. The average Bonchev–Trinajstić information content (AvgIpc) is 3.84. The Morgan fingerprint density at radius 2 is 1.00 bits per heavy atom. The number of benzene rings is 9. The van der Waals surface area contributed by atoms with Crippen LogP contribution in [0.25, 0.3) is 86.3 Å². The fraction of sp³-hybridized carbons (Fsp3) is 0. The van der Waals surface area contributed by atoms with Gasteiger partial charge in [0, 0.05) is 42.3 Å². The minimum absolute atomic E-state index is 0.863. The second-order valence-electron chi connectivity index (χ2n) is 14.1. The third-order valence-electron chi connectivity index (χ3n) is 10.9. The van der Waals surface area contributed by atoms with Gasteiger partial charge >= 0.3 is 0 Å². The number of hydrogen-bond donors (Lipinski definition) is 0. The number of hydrogen-bond acceptors (Lipinski definition) is 3. The molecular weight excluding hydrogens is 687 g/mol. The molecule has 0 spiro atoms. The highest BCUT2D eigenvalue weighted by atomic mass is 32.1. The molecule has 0 atom stereocenters. The summed E-state index contributed by atoms with van der Waals surface area (Å²) in [6, 6.07) is 72.1. The number of thiophene rings is 1. The Balaban J connectivity index is 1.14. The van der Waals surface area contributed by atoms with Gasteiger partial charge in [0.05, 0.1) is 11.1 Å². The number of furan rings is 1. The minimum atomic E-state index is 0.863. The molecule has 11 rings (SSSR count). The maximum Gasteiger partial charge on any atom is 0.143 e. The first-order valence-corrected chi connectivity index (χ1v) is 19.5. The summed E-state index contributed by atoms with van der Waals surface area (Å²) in [7, 11) is 0. The largest absolute Gasteiger partial charge is 0.455 e. The van der Waals surface area contributed by atoms with Crippen molar-refractivity contribution in [1.29, 1.82) is 0 Å². The average molecular weight is 720 g/mol. The van der Waals surface area contributed by atoms with Crippen molar-refractivity contribution in [3.05, 3.63) is 200 Å². The van der Waals surface area contributed by atoms with Crippen LogP contribution in [0.3, 0.4) is 0 Å². The van der Waals surface area contributed by atoms with Crippen molar-refractivity contribution < 1.29 is 4.42 Å². The maximum absolute atomic E-state index is 6.88. The second kappa shape index (κ2) is 12.9. The molecule has 0 saturated heterocycles. The zero-order valence-corrected chi connectivity index (χ0v) is 30.6. The van der Waals surface area contributed by atoms with E-state index in [2.05, 4.69) is 205 Å². The van der Waals surface area contributed by atoms with Crippen molar-refractivity contribution in [2.75, 3.05) is 4.90 Å². The zero-order valence-electron chi connectivity index (χ0n) is 29.8. The summed E-state index contributed by atoms with van der Waals surface area (Å²) < 4.78 is 9.52. The molecule has 0 bridgehead atoms. The van der Waals surface area contributed by atoms with E-state index in [1.807, 2.05) is 11.3 Å². The van der Waals surface area contributed by atoms with Crippen LogP contribution in [0.5, 0.6) is 0 Å². The van der Waals surface area contributed by atoms with Crippen LogP contribution in [0.4, 0.5) is 17.1 Å². The van der Waals surface area contributed by atoms with E-state index in [-0.39, 0.29) is 0 Å². The fourth-order valence-electron chi connectivity index (χ4n) is 8.21. The van der Waals surface area contributed by atoms with Gasteiger partial charge < -0.3 is 9.32 Å². The van der Waals surface area contributed by atoms with Crippen LogP contribution in [0.15, 0.2) is 205 Å². The SMILES string of the molecule is c1ccc(-c2ccc(N(c3ccc(-c4cccc5c4sc4ccccc45)cc3)c3cc(-c4ccccc4)cc4oc5c6ccccc6ccc5c34)cc2)cc1. The van der Waals surface area contributed by atoms with Crippen molar-refractivity contribution in [2.45, 2.75) is 0 Å². The summed E-state index contributed by atoms with van der Waals surface area (Å²) in [5.74, 6) is 0. The molecule has 0 aliphatic rings. The molecule has 2 heterocycles. The van der Waals surface area contributed by atoms with Gasteiger partial charge in [0.25, 0.3) is 0 Å². The van der Waals surface area contributed by atoms with Gasteiger partial charge in [-0.25, -0.2) is 0 Å². The summed E-state index contributed by atoms with van der Waals surface area (Å²) in [5, 5.41) is 7.09. The van der Waals surface area contributed by atoms with E-state index in [0.717, 1.165) is 60.9 Å². The smallest absolute Gasteiger partial charge is 0.143 e. The lowest BCUT2D eigenvalue weighted by Gasteiger charge is -2.27. The molecule has 0 aliphatic heterocycles. The third kappa shape index (κ3) is 5.32. The van der Waals surface area contributed by atoms with E-state index < -0.39 is 0 Å². The first-order valence-electron chi connectivity index (χ1n) is 18.7. The molecule has 0 fully saturated rings. The number of nitrogens with zero attached hydrogens (tertiary/aromatic N) is 1. The second-order valence-corrected chi connectivity index (χ2v) is 15.1. The van der Waals surface area contributed by atoms with Crippen LogP contribution >= 0.6 is 11.3 Å². The number of rotatable bonds is 6. The predicted molar refractivity (Wildman–Crippen MR) is 235 cm³/mol. The molecule has 3 heteroatoms. The van der Waals surface area contributed by atoms with E-state index in [1.54, 1.807) is 0 Å². The first kappa shape index (κ1) is 31.6. The normalized spacial score (nSPS) is 11.6. The van der Waals surface area contributed by atoms with E-state index in [0.29, 0.717) is 0 Å². The topological polar surface area (TPSA) is 16.4 Å². The van der Waals surface area contributed by atoms with Crippen molar-refractivity contribution in [2.24, 2.45) is 0 Å². The Morgan fingerprint density at radius 1 is 0.400 bits per heavy atom. The summed E-state index contributed by atoms with van der Waals surface area (Å²) in [4.78, 5) is 2.40. The molecular formula is C52H33NOS. The molecule has 0 unspecified atom stereocenters. The van der Waals surface area contributed by atoms with Crippen LogP contribution in [0, 0.1) is 0 Å². The monoisotopic (exact) mass is 719 g/mol. The molecule has 0 aliphatic carbocycles. The molecule has 2 nitrogen and oxygen atoms in total. The molecule has 0 saturated carbocycles. The molecule has 0 amide bonds. The van der Waals surface area contributed by atoms with Crippen molar-refractivity contribution >= 4 is 81.3 Å². The Morgan fingerprint density at radius 3 is 1.75 bits per heavy atom. The zero-order chi connectivity index (χ0) is 36.3. The lowest BCUT2D eigenvalue weighted by Crippen LogP contribution is -2.10. The third-order valence-corrected chi connectivity index (χ3v) is 12.1. The van der Waals surface area contributed by atoms with Crippen molar-refractivity contribution in [3.8, 4) is 33.4 Å². The van der Waals surface area contributed by atoms with Crippen LogP contribution < -0.4 is 4.90 Å². The van der Waals surface area contributed by atoms with Gasteiger partial charge in [-0.2, -0.15) is 0 Å². The van der Waals surface area contributed by atoms with E-state index in [4.69, 9.17) is 4.42 Å². The number of fused-ring (bicyclic) bond motifs is 8. The lowest BCUT2D eigenvalue weighted by atomic mass is 9.98. The standard InChI is InChI=1S/C52H33NOS/c1-3-12-34(13-4-1)36-22-27-40(28-23-36)53(41-29-24-38(25-30-41)43-19-11-20-45-44-18-9-10-21-49(44)55-52(43)45)47-32-39(35-14-5-2-6-15-35)33-48-50(47)46-31-26-37-16-7-8-17-42(37)51(46)54-48/h1-33H. The van der Waals surface area contributed by atoms with Gasteiger partial charge in [0.2, 0.25) is 0 Å². The molecule has 2 aromatic heterocycles. The van der Waals surface area contributed by atoms with Gasteiger partial charge in [0.1, 0.15) is 11.2 Å². The van der Waals surface area contributed by atoms with Gasteiger partial charge in [0.15, 0.2) is 0 Å². The lowest BCUT2D eigenvalue weighted by molar-refractivity contribution is 0.673. The molecule has 258 valence electrons. The Labute approximate surface area is 322 Å². The summed E-state index contributed by atoms with van der Waals surface area (Å²) in [5.41, 5.74) is 12.1. The van der Waals surface area contributed by atoms with Crippen LogP contribution in [0.2, 0.25) is 0 Å². The highest BCUT2D eigenvalue weighted by Crippen LogP contribution is 2.47. The quantitative estimate of drug-likeness (QED) is 0.170. The summed E-state index contributed by atoms with van der Waals surface area (Å²) >= 11 is 1.87. The molecule has 0 radical (unpaired) electrons.